The van der Waals surface area contributed by atoms with Gasteiger partial charge in [0.1, 0.15) is 5.75 Å². The van der Waals surface area contributed by atoms with Crippen LogP contribution in [0.25, 0.3) is 0 Å². The molecule has 1 aromatic rings. The van der Waals surface area contributed by atoms with Crippen molar-refractivity contribution in [1.29, 1.82) is 0 Å². The lowest BCUT2D eigenvalue weighted by atomic mass is 10.1. The van der Waals surface area contributed by atoms with Gasteiger partial charge in [-0.1, -0.05) is 25.1 Å². The Morgan fingerprint density at radius 3 is 2.70 bits per heavy atom. The molecule has 0 fully saturated rings. The SMILES string of the molecule is COc1ccccc1CCC(=O)NCC(C)CC(=O)O. The van der Waals surface area contributed by atoms with Crippen molar-refractivity contribution in [2.75, 3.05) is 13.7 Å². The van der Waals surface area contributed by atoms with Crippen LogP contribution in [0, 0.1) is 5.92 Å². The summed E-state index contributed by atoms with van der Waals surface area (Å²) >= 11 is 0. The summed E-state index contributed by atoms with van der Waals surface area (Å²) in [5.74, 6) is -0.212. The van der Waals surface area contributed by atoms with E-state index in [2.05, 4.69) is 5.32 Å². The minimum absolute atomic E-state index is 0.0623. The van der Waals surface area contributed by atoms with Gasteiger partial charge in [-0.15, -0.1) is 0 Å². The molecule has 0 saturated carbocycles. The molecule has 0 bridgehead atoms. The second-order valence-corrected chi connectivity index (χ2v) is 4.82. The molecule has 1 atom stereocenters. The third-order valence-electron chi connectivity index (χ3n) is 2.98. The van der Waals surface area contributed by atoms with Gasteiger partial charge >= 0.3 is 5.97 Å². The van der Waals surface area contributed by atoms with Gasteiger partial charge in [0.2, 0.25) is 5.91 Å². The first-order chi connectivity index (χ1) is 9.52. The molecule has 110 valence electrons. The van der Waals surface area contributed by atoms with Crippen LogP contribution in [0.5, 0.6) is 5.75 Å². The van der Waals surface area contributed by atoms with Crippen molar-refractivity contribution in [1.82, 2.24) is 5.32 Å². The average molecular weight is 279 g/mol. The number of carbonyl (C=O) groups is 2. The van der Waals surface area contributed by atoms with Gasteiger partial charge in [-0.05, 0) is 24.0 Å². The van der Waals surface area contributed by atoms with E-state index in [1.54, 1.807) is 14.0 Å². The zero-order chi connectivity index (χ0) is 15.0. The largest absolute Gasteiger partial charge is 0.496 e. The van der Waals surface area contributed by atoms with E-state index < -0.39 is 5.97 Å². The number of methoxy groups -OCH3 is 1. The minimum atomic E-state index is -0.847. The van der Waals surface area contributed by atoms with E-state index in [0.717, 1.165) is 11.3 Å². The number of carbonyl (C=O) groups excluding carboxylic acids is 1. The number of aryl methyl sites for hydroxylation is 1. The van der Waals surface area contributed by atoms with E-state index in [0.29, 0.717) is 19.4 Å². The van der Waals surface area contributed by atoms with Crippen LogP contribution < -0.4 is 10.1 Å². The Bertz CT molecular complexity index is 459. The summed E-state index contributed by atoms with van der Waals surface area (Å²) in [5.41, 5.74) is 0.990. The highest BCUT2D eigenvalue weighted by molar-refractivity contribution is 5.76. The van der Waals surface area contributed by atoms with Crippen LogP contribution in [-0.2, 0) is 16.0 Å². The molecule has 1 rings (SSSR count). The van der Waals surface area contributed by atoms with E-state index in [9.17, 15) is 9.59 Å². The third kappa shape index (κ3) is 5.73. The first-order valence-electron chi connectivity index (χ1n) is 6.63. The fraction of sp³-hybridized carbons (Fsp3) is 0.467. The van der Waals surface area contributed by atoms with E-state index in [-0.39, 0.29) is 18.2 Å². The van der Waals surface area contributed by atoms with Gasteiger partial charge in [0.15, 0.2) is 0 Å². The summed E-state index contributed by atoms with van der Waals surface area (Å²) in [4.78, 5) is 22.2. The van der Waals surface area contributed by atoms with E-state index in [1.807, 2.05) is 24.3 Å². The minimum Gasteiger partial charge on any atom is -0.496 e. The van der Waals surface area contributed by atoms with Gasteiger partial charge < -0.3 is 15.2 Å². The van der Waals surface area contributed by atoms with Crippen molar-refractivity contribution in [3.8, 4) is 5.75 Å². The third-order valence-corrected chi connectivity index (χ3v) is 2.98. The maximum absolute atomic E-state index is 11.7. The summed E-state index contributed by atoms with van der Waals surface area (Å²) < 4.78 is 5.22. The molecule has 0 aliphatic heterocycles. The number of nitrogens with one attached hydrogen (secondary N) is 1. The maximum atomic E-state index is 11.7. The predicted molar refractivity (Wildman–Crippen MR) is 75.7 cm³/mol. The Morgan fingerprint density at radius 1 is 1.35 bits per heavy atom. The Balaban J connectivity index is 2.34. The van der Waals surface area contributed by atoms with E-state index >= 15 is 0 Å². The van der Waals surface area contributed by atoms with E-state index in [4.69, 9.17) is 9.84 Å². The molecule has 2 N–H and O–H groups in total. The standard InChI is InChI=1S/C15H21NO4/c1-11(9-15(18)19)10-16-14(17)8-7-12-5-3-4-6-13(12)20-2/h3-6,11H,7-10H2,1-2H3,(H,16,17)(H,18,19). The fourth-order valence-corrected chi connectivity index (χ4v) is 1.90. The van der Waals surface area contributed by atoms with Crippen molar-refractivity contribution >= 4 is 11.9 Å². The van der Waals surface area contributed by atoms with Gasteiger partial charge in [-0.25, -0.2) is 0 Å². The van der Waals surface area contributed by atoms with Crippen LogP contribution in [0.1, 0.15) is 25.3 Å². The number of ether oxygens (including phenoxy) is 1. The van der Waals surface area contributed by atoms with Crippen LogP contribution in [0.15, 0.2) is 24.3 Å². The highest BCUT2D eigenvalue weighted by atomic mass is 16.5. The van der Waals surface area contributed by atoms with Crippen molar-refractivity contribution in [3.05, 3.63) is 29.8 Å². The topological polar surface area (TPSA) is 75.6 Å². The molecule has 5 nitrogen and oxygen atoms in total. The zero-order valence-corrected chi connectivity index (χ0v) is 11.9. The lowest BCUT2D eigenvalue weighted by molar-refractivity contribution is -0.138. The normalized spacial score (nSPS) is 11.7. The van der Waals surface area contributed by atoms with Crippen LogP contribution >= 0.6 is 0 Å². The van der Waals surface area contributed by atoms with Gasteiger partial charge in [-0.2, -0.15) is 0 Å². The van der Waals surface area contributed by atoms with Gasteiger partial charge in [0.05, 0.1) is 7.11 Å². The number of benzene rings is 1. The number of rotatable bonds is 8. The van der Waals surface area contributed by atoms with Crippen molar-refractivity contribution < 1.29 is 19.4 Å². The molecule has 1 aromatic carbocycles. The molecule has 0 spiro atoms. The lowest BCUT2D eigenvalue weighted by Crippen LogP contribution is -2.29. The first-order valence-corrected chi connectivity index (χ1v) is 6.63. The number of amides is 1. The second kappa shape index (κ2) is 8.19. The van der Waals surface area contributed by atoms with Crippen LogP contribution in [-0.4, -0.2) is 30.6 Å². The fourth-order valence-electron chi connectivity index (χ4n) is 1.90. The number of carboxylic acids is 1. The molecule has 1 amide bonds. The maximum Gasteiger partial charge on any atom is 0.303 e. The predicted octanol–water partition coefficient (Wildman–Crippen LogP) is 1.85. The number of carboxylic acid groups (broad SMARTS) is 1. The number of hydrogen-bond acceptors (Lipinski definition) is 3. The summed E-state index contributed by atoms with van der Waals surface area (Å²) in [7, 11) is 1.60. The Morgan fingerprint density at radius 2 is 2.05 bits per heavy atom. The number of hydrogen-bond donors (Lipinski definition) is 2. The van der Waals surface area contributed by atoms with Crippen LogP contribution in [0.3, 0.4) is 0 Å². The van der Waals surface area contributed by atoms with Crippen LogP contribution in [0.4, 0.5) is 0 Å². The van der Waals surface area contributed by atoms with Crippen molar-refractivity contribution in [2.24, 2.45) is 5.92 Å². The van der Waals surface area contributed by atoms with Gasteiger partial charge in [0.25, 0.3) is 0 Å². The zero-order valence-electron chi connectivity index (χ0n) is 11.9. The summed E-state index contributed by atoms with van der Waals surface area (Å²) in [5, 5.41) is 11.4. The molecule has 0 radical (unpaired) electrons. The molecular formula is C15H21NO4. The monoisotopic (exact) mass is 279 g/mol. The summed E-state index contributed by atoms with van der Waals surface area (Å²) in [6.07, 6.45) is 1.02. The molecule has 5 heteroatoms. The second-order valence-electron chi connectivity index (χ2n) is 4.82. The Kier molecular flexibility index (Phi) is 6.56. The Hall–Kier alpha value is -2.04. The molecule has 20 heavy (non-hydrogen) atoms. The number of aliphatic carboxylic acids is 1. The van der Waals surface area contributed by atoms with Crippen LogP contribution in [0.2, 0.25) is 0 Å². The first kappa shape index (κ1) is 16.0. The quantitative estimate of drug-likeness (QED) is 0.761. The Labute approximate surface area is 118 Å². The average Bonchev–Trinajstić information content (AvgIpc) is 2.42. The molecule has 0 aliphatic rings. The molecule has 0 aromatic heterocycles. The molecule has 0 heterocycles. The highest BCUT2D eigenvalue weighted by Crippen LogP contribution is 2.18. The van der Waals surface area contributed by atoms with Crippen molar-refractivity contribution in [3.63, 3.8) is 0 Å². The summed E-state index contributed by atoms with van der Waals surface area (Å²) in [6, 6.07) is 7.59. The van der Waals surface area contributed by atoms with Gasteiger partial charge in [0, 0.05) is 19.4 Å². The highest BCUT2D eigenvalue weighted by Gasteiger charge is 2.10. The smallest absolute Gasteiger partial charge is 0.303 e. The number of para-hydroxylation sites is 1. The molecule has 1 unspecified atom stereocenters. The van der Waals surface area contributed by atoms with E-state index in [1.165, 1.54) is 0 Å². The summed E-state index contributed by atoms with van der Waals surface area (Å²) in [6.45, 7) is 2.19. The molecular weight excluding hydrogens is 258 g/mol. The molecule has 0 aliphatic carbocycles. The molecule has 0 saturated heterocycles. The lowest BCUT2D eigenvalue weighted by Gasteiger charge is -2.11. The van der Waals surface area contributed by atoms with Gasteiger partial charge in [-0.3, -0.25) is 9.59 Å². The van der Waals surface area contributed by atoms with Crippen molar-refractivity contribution in [2.45, 2.75) is 26.2 Å².